The Kier molecular flexibility index (Phi) is 4.80. The molecule has 0 spiro atoms. The Bertz CT molecular complexity index is 617. The summed E-state index contributed by atoms with van der Waals surface area (Å²) in [5.74, 6) is 1.10. The molecule has 130 valence electrons. The Morgan fingerprint density at radius 2 is 2.17 bits per heavy atom. The van der Waals surface area contributed by atoms with Gasteiger partial charge in [-0.05, 0) is 18.6 Å². The van der Waals surface area contributed by atoms with Crippen molar-refractivity contribution in [3.63, 3.8) is 0 Å². The molecule has 0 radical (unpaired) electrons. The lowest BCUT2D eigenvalue weighted by molar-refractivity contribution is 0.00117. The van der Waals surface area contributed by atoms with E-state index in [0.717, 1.165) is 18.7 Å². The van der Waals surface area contributed by atoms with Crippen LogP contribution in [0.4, 0.5) is 0 Å². The SMILES string of the molecule is CO[C@@H]1CCN(S(=O)(=O)N(C)C)[C@@H]2CN(Cc3ccco3)C[C@@H]21. The minimum absolute atomic E-state index is 0.0453. The number of hydrogen-bond donors (Lipinski definition) is 0. The van der Waals surface area contributed by atoms with Crippen LogP contribution in [0.5, 0.6) is 0 Å². The van der Waals surface area contributed by atoms with E-state index in [1.54, 1.807) is 31.8 Å². The van der Waals surface area contributed by atoms with Crippen molar-refractivity contribution < 1.29 is 17.6 Å². The first-order chi connectivity index (χ1) is 10.9. The summed E-state index contributed by atoms with van der Waals surface area (Å²) in [5, 5.41) is 0. The van der Waals surface area contributed by atoms with Gasteiger partial charge < -0.3 is 9.15 Å². The first-order valence-corrected chi connectivity index (χ1v) is 9.30. The molecule has 2 aliphatic rings. The molecule has 0 amide bonds. The summed E-state index contributed by atoms with van der Waals surface area (Å²) in [7, 11) is 1.48. The lowest BCUT2D eigenvalue weighted by Crippen LogP contribution is -2.56. The van der Waals surface area contributed by atoms with E-state index in [2.05, 4.69) is 4.90 Å². The molecular weight excluding hydrogens is 318 g/mol. The number of rotatable bonds is 5. The maximum absolute atomic E-state index is 12.6. The predicted molar refractivity (Wildman–Crippen MR) is 86.0 cm³/mol. The van der Waals surface area contributed by atoms with E-state index in [4.69, 9.17) is 9.15 Å². The van der Waals surface area contributed by atoms with E-state index in [9.17, 15) is 8.42 Å². The molecule has 3 atom stereocenters. The van der Waals surface area contributed by atoms with E-state index >= 15 is 0 Å². The number of furan rings is 1. The van der Waals surface area contributed by atoms with Crippen molar-refractivity contribution in [2.45, 2.75) is 25.1 Å². The fourth-order valence-corrected chi connectivity index (χ4v) is 5.06. The molecular formula is C15H25N3O4S. The van der Waals surface area contributed by atoms with E-state index in [1.807, 2.05) is 12.1 Å². The van der Waals surface area contributed by atoms with Crippen LogP contribution >= 0.6 is 0 Å². The zero-order valence-electron chi connectivity index (χ0n) is 13.9. The summed E-state index contributed by atoms with van der Waals surface area (Å²) in [6.07, 6.45) is 2.51. The lowest BCUT2D eigenvalue weighted by Gasteiger charge is -2.40. The monoisotopic (exact) mass is 343 g/mol. The molecule has 3 heterocycles. The third-order valence-corrected chi connectivity index (χ3v) is 6.88. The van der Waals surface area contributed by atoms with Gasteiger partial charge in [0.1, 0.15) is 5.76 Å². The van der Waals surface area contributed by atoms with Crippen LogP contribution in [0.15, 0.2) is 22.8 Å². The topological polar surface area (TPSA) is 66.2 Å². The highest BCUT2D eigenvalue weighted by Gasteiger charge is 2.48. The summed E-state index contributed by atoms with van der Waals surface area (Å²) in [4.78, 5) is 2.25. The van der Waals surface area contributed by atoms with Crippen molar-refractivity contribution in [2.24, 2.45) is 5.92 Å². The summed E-state index contributed by atoms with van der Waals surface area (Å²) < 4.78 is 39.2. The maximum atomic E-state index is 12.6. The lowest BCUT2D eigenvalue weighted by atomic mass is 9.91. The fourth-order valence-electron chi connectivity index (χ4n) is 3.74. The predicted octanol–water partition coefficient (Wildman–Crippen LogP) is 0.607. The van der Waals surface area contributed by atoms with Crippen LogP contribution in [0, 0.1) is 5.92 Å². The third-order valence-electron chi connectivity index (χ3n) is 4.91. The molecule has 2 fully saturated rings. The molecule has 0 aliphatic carbocycles. The molecule has 1 aromatic heterocycles. The van der Waals surface area contributed by atoms with Gasteiger partial charge in [-0.15, -0.1) is 0 Å². The first-order valence-electron chi connectivity index (χ1n) is 7.90. The van der Waals surface area contributed by atoms with Crippen molar-refractivity contribution in [1.82, 2.24) is 13.5 Å². The number of likely N-dealkylation sites (tertiary alicyclic amines) is 1. The van der Waals surface area contributed by atoms with Gasteiger partial charge >= 0.3 is 0 Å². The van der Waals surface area contributed by atoms with Gasteiger partial charge in [0.2, 0.25) is 0 Å². The zero-order chi connectivity index (χ0) is 16.6. The third kappa shape index (κ3) is 3.18. The van der Waals surface area contributed by atoms with Crippen LogP contribution in [0.1, 0.15) is 12.2 Å². The van der Waals surface area contributed by atoms with Crippen molar-refractivity contribution >= 4 is 10.2 Å². The standard InChI is InChI=1S/C15H25N3O4S/c1-16(2)23(19,20)18-7-6-15(21-3)13-10-17(11-14(13)18)9-12-5-4-8-22-12/h4-5,8,13-15H,6-7,9-11H2,1-3H3/t13-,14+,15+/m0/s1. The van der Waals surface area contributed by atoms with E-state index in [-0.39, 0.29) is 18.1 Å². The highest BCUT2D eigenvalue weighted by Crippen LogP contribution is 2.35. The Morgan fingerprint density at radius 1 is 1.39 bits per heavy atom. The minimum atomic E-state index is -3.41. The molecule has 1 aromatic rings. The van der Waals surface area contributed by atoms with Crippen molar-refractivity contribution in [3.8, 4) is 0 Å². The Hall–Kier alpha value is -0.930. The van der Waals surface area contributed by atoms with E-state index in [0.29, 0.717) is 19.6 Å². The van der Waals surface area contributed by atoms with Crippen LogP contribution in [-0.4, -0.2) is 74.9 Å². The number of fused-ring (bicyclic) bond motifs is 1. The maximum Gasteiger partial charge on any atom is 0.281 e. The highest BCUT2D eigenvalue weighted by atomic mass is 32.2. The van der Waals surface area contributed by atoms with Crippen molar-refractivity contribution in [1.29, 1.82) is 0 Å². The molecule has 7 nitrogen and oxygen atoms in total. The van der Waals surface area contributed by atoms with Crippen LogP contribution < -0.4 is 0 Å². The van der Waals surface area contributed by atoms with Gasteiger partial charge in [0.25, 0.3) is 10.2 Å². The average molecular weight is 343 g/mol. The van der Waals surface area contributed by atoms with Gasteiger partial charge in [-0.2, -0.15) is 17.0 Å². The van der Waals surface area contributed by atoms with Gasteiger partial charge in [-0.25, -0.2) is 0 Å². The molecule has 0 bridgehead atoms. The molecule has 0 aromatic carbocycles. The van der Waals surface area contributed by atoms with Gasteiger partial charge in [-0.1, -0.05) is 0 Å². The van der Waals surface area contributed by atoms with Gasteiger partial charge in [0, 0.05) is 52.8 Å². The number of piperidine rings is 1. The second kappa shape index (κ2) is 6.52. The van der Waals surface area contributed by atoms with Gasteiger partial charge in [0.05, 0.1) is 18.9 Å². The zero-order valence-corrected chi connectivity index (χ0v) is 14.7. The number of nitrogens with zero attached hydrogens (tertiary/aromatic N) is 3. The van der Waals surface area contributed by atoms with Crippen molar-refractivity contribution in [3.05, 3.63) is 24.2 Å². The summed E-state index contributed by atoms with van der Waals surface area (Å²) in [5.41, 5.74) is 0. The number of methoxy groups -OCH3 is 1. The van der Waals surface area contributed by atoms with Gasteiger partial charge in [0.15, 0.2) is 0 Å². The second-order valence-corrected chi connectivity index (χ2v) is 8.56. The Labute approximate surface area is 138 Å². The Balaban J connectivity index is 1.80. The second-order valence-electron chi connectivity index (χ2n) is 6.47. The fraction of sp³-hybridized carbons (Fsp3) is 0.733. The molecule has 0 saturated carbocycles. The van der Waals surface area contributed by atoms with Gasteiger partial charge in [-0.3, -0.25) is 4.90 Å². The summed E-state index contributed by atoms with van der Waals surface area (Å²) >= 11 is 0. The van der Waals surface area contributed by atoms with Crippen LogP contribution in [0.2, 0.25) is 0 Å². The van der Waals surface area contributed by atoms with Crippen LogP contribution in [-0.2, 0) is 21.5 Å². The van der Waals surface area contributed by atoms with E-state index in [1.165, 1.54) is 4.31 Å². The molecule has 0 N–H and O–H groups in total. The van der Waals surface area contributed by atoms with Crippen LogP contribution in [0.25, 0.3) is 0 Å². The van der Waals surface area contributed by atoms with Crippen LogP contribution in [0.3, 0.4) is 0 Å². The Morgan fingerprint density at radius 3 is 2.78 bits per heavy atom. The summed E-state index contributed by atoms with van der Waals surface area (Å²) in [6, 6.07) is 3.78. The number of ether oxygens (including phenoxy) is 1. The van der Waals surface area contributed by atoms with Crippen molar-refractivity contribution in [2.75, 3.05) is 40.8 Å². The average Bonchev–Trinajstić information content (AvgIpc) is 3.15. The smallest absolute Gasteiger partial charge is 0.281 e. The van der Waals surface area contributed by atoms with E-state index < -0.39 is 10.2 Å². The quantitative estimate of drug-likeness (QED) is 0.784. The summed E-state index contributed by atoms with van der Waals surface area (Å²) in [6.45, 7) is 2.74. The molecule has 3 rings (SSSR count). The molecule has 8 heteroatoms. The molecule has 23 heavy (non-hydrogen) atoms. The minimum Gasteiger partial charge on any atom is -0.468 e. The largest absolute Gasteiger partial charge is 0.468 e. The number of hydrogen-bond acceptors (Lipinski definition) is 5. The highest BCUT2D eigenvalue weighted by molar-refractivity contribution is 7.86. The molecule has 2 saturated heterocycles. The molecule has 2 aliphatic heterocycles. The normalized spacial score (nSPS) is 30.0. The molecule has 0 unspecified atom stereocenters. The first kappa shape index (κ1) is 16.9.